The van der Waals surface area contributed by atoms with Crippen molar-refractivity contribution >= 4 is 17.2 Å². The van der Waals surface area contributed by atoms with Crippen molar-refractivity contribution in [1.29, 1.82) is 0 Å². The molecule has 0 bridgehead atoms. The van der Waals surface area contributed by atoms with Crippen molar-refractivity contribution < 1.29 is 4.79 Å². The molecule has 1 aromatic carbocycles. The van der Waals surface area contributed by atoms with Gasteiger partial charge in [-0.1, -0.05) is 12.1 Å². The number of amides is 1. The lowest BCUT2D eigenvalue weighted by Gasteiger charge is -2.05. The Balaban J connectivity index is 1.69. The third-order valence-electron chi connectivity index (χ3n) is 3.10. The molecule has 4 heteroatoms. The SMILES string of the molecule is O=C(NCc1cccs1)c1ccc2c(c1)CNC2. The minimum atomic E-state index is -0.00176. The average molecular weight is 258 g/mol. The molecule has 18 heavy (non-hydrogen) atoms. The van der Waals surface area contributed by atoms with Crippen LogP contribution in [0.25, 0.3) is 0 Å². The molecule has 2 aromatic rings. The van der Waals surface area contributed by atoms with Crippen LogP contribution in [-0.4, -0.2) is 5.91 Å². The monoisotopic (exact) mass is 258 g/mol. The van der Waals surface area contributed by atoms with Crippen molar-refractivity contribution in [2.24, 2.45) is 0 Å². The van der Waals surface area contributed by atoms with Gasteiger partial charge >= 0.3 is 0 Å². The first-order valence-corrected chi connectivity index (χ1v) is 6.84. The number of carbonyl (C=O) groups excluding carboxylic acids is 1. The molecule has 1 aliphatic heterocycles. The zero-order valence-corrected chi connectivity index (χ0v) is 10.7. The van der Waals surface area contributed by atoms with E-state index in [1.165, 1.54) is 16.0 Å². The molecule has 3 nitrogen and oxygen atoms in total. The molecule has 3 rings (SSSR count). The minimum absolute atomic E-state index is 0.00176. The van der Waals surface area contributed by atoms with Crippen LogP contribution in [0, 0.1) is 0 Å². The number of hydrogen-bond donors (Lipinski definition) is 2. The summed E-state index contributed by atoms with van der Waals surface area (Å²) in [6.45, 7) is 2.37. The molecule has 1 aromatic heterocycles. The van der Waals surface area contributed by atoms with Crippen LogP contribution in [0.2, 0.25) is 0 Å². The number of nitrogens with one attached hydrogen (secondary N) is 2. The lowest BCUT2D eigenvalue weighted by atomic mass is 10.1. The molecule has 0 unspecified atom stereocenters. The Hall–Kier alpha value is -1.65. The van der Waals surface area contributed by atoms with E-state index in [-0.39, 0.29) is 5.91 Å². The van der Waals surface area contributed by atoms with Gasteiger partial charge in [0, 0.05) is 23.5 Å². The van der Waals surface area contributed by atoms with Crippen molar-refractivity contribution in [2.75, 3.05) is 0 Å². The Kier molecular flexibility index (Phi) is 3.13. The number of hydrogen-bond acceptors (Lipinski definition) is 3. The van der Waals surface area contributed by atoms with Gasteiger partial charge in [0.15, 0.2) is 0 Å². The molecule has 1 aliphatic rings. The zero-order chi connectivity index (χ0) is 12.4. The molecule has 0 saturated heterocycles. The van der Waals surface area contributed by atoms with Gasteiger partial charge in [-0.15, -0.1) is 11.3 Å². The highest BCUT2D eigenvalue weighted by Crippen LogP contribution is 2.17. The maximum Gasteiger partial charge on any atom is 0.251 e. The smallest absolute Gasteiger partial charge is 0.251 e. The summed E-state index contributed by atoms with van der Waals surface area (Å²) in [4.78, 5) is 13.2. The fourth-order valence-corrected chi connectivity index (χ4v) is 2.76. The van der Waals surface area contributed by atoms with Crippen LogP contribution in [-0.2, 0) is 19.6 Å². The summed E-state index contributed by atoms with van der Waals surface area (Å²) in [7, 11) is 0. The first-order valence-electron chi connectivity index (χ1n) is 5.96. The second kappa shape index (κ2) is 4.92. The topological polar surface area (TPSA) is 41.1 Å². The predicted molar refractivity (Wildman–Crippen MR) is 72.5 cm³/mol. The highest BCUT2D eigenvalue weighted by atomic mass is 32.1. The molecule has 2 heterocycles. The largest absolute Gasteiger partial charge is 0.347 e. The van der Waals surface area contributed by atoms with Crippen LogP contribution in [0.1, 0.15) is 26.4 Å². The zero-order valence-electron chi connectivity index (χ0n) is 9.90. The Morgan fingerprint density at radius 1 is 1.28 bits per heavy atom. The molecular formula is C14H14N2OS. The van der Waals surface area contributed by atoms with Crippen molar-refractivity contribution in [3.05, 3.63) is 57.3 Å². The van der Waals surface area contributed by atoms with Crippen LogP contribution < -0.4 is 10.6 Å². The summed E-state index contributed by atoms with van der Waals surface area (Å²) >= 11 is 1.66. The number of rotatable bonds is 3. The van der Waals surface area contributed by atoms with Crippen LogP contribution in [0.4, 0.5) is 0 Å². The normalized spacial score (nSPS) is 13.3. The van der Waals surface area contributed by atoms with E-state index in [0.29, 0.717) is 6.54 Å². The number of carbonyl (C=O) groups is 1. The summed E-state index contributed by atoms with van der Waals surface area (Å²) in [6.07, 6.45) is 0. The van der Waals surface area contributed by atoms with Crippen molar-refractivity contribution in [3.8, 4) is 0 Å². The molecule has 0 saturated carbocycles. The maximum atomic E-state index is 12.0. The maximum absolute atomic E-state index is 12.0. The summed E-state index contributed by atoms with van der Waals surface area (Å²) in [5, 5.41) is 8.24. The number of fused-ring (bicyclic) bond motifs is 1. The molecule has 2 N–H and O–H groups in total. The van der Waals surface area contributed by atoms with Gasteiger partial charge < -0.3 is 10.6 Å². The lowest BCUT2D eigenvalue weighted by molar-refractivity contribution is 0.0951. The van der Waals surface area contributed by atoms with Crippen LogP contribution in [0.5, 0.6) is 0 Å². The summed E-state index contributed by atoms with van der Waals surface area (Å²) in [6, 6.07) is 9.94. The van der Waals surface area contributed by atoms with E-state index in [9.17, 15) is 4.79 Å². The molecule has 92 valence electrons. The Labute approximate surface area is 110 Å². The highest BCUT2D eigenvalue weighted by molar-refractivity contribution is 7.09. The summed E-state index contributed by atoms with van der Waals surface area (Å²) < 4.78 is 0. The third-order valence-corrected chi connectivity index (χ3v) is 3.98. The van der Waals surface area contributed by atoms with E-state index in [1.54, 1.807) is 11.3 Å². The lowest BCUT2D eigenvalue weighted by Crippen LogP contribution is -2.22. The van der Waals surface area contributed by atoms with Gasteiger partial charge in [0.2, 0.25) is 0 Å². The van der Waals surface area contributed by atoms with Gasteiger partial charge in [0.25, 0.3) is 5.91 Å². The summed E-state index contributed by atoms with van der Waals surface area (Å²) in [5.74, 6) is -0.00176. The first kappa shape index (κ1) is 11.4. The van der Waals surface area contributed by atoms with E-state index in [0.717, 1.165) is 18.7 Å². The highest BCUT2D eigenvalue weighted by Gasteiger charge is 2.13. The molecule has 0 aliphatic carbocycles. The van der Waals surface area contributed by atoms with Crippen molar-refractivity contribution in [2.45, 2.75) is 19.6 Å². The number of thiophene rings is 1. The minimum Gasteiger partial charge on any atom is -0.347 e. The van der Waals surface area contributed by atoms with Crippen LogP contribution in [0.15, 0.2) is 35.7 Å². The quantitative estimate of drug-likeness (QED) is 0.887. The van der Waals surface area contributed by atoms with Crippen LogP contribution >= 0.6 is 11.3 Å². The summed E-state index contributed by atoms with van der Waals surface area (Å²) in [5.41, 5.74) is 3.28. The molecule has 0 spiro atoms. The molecule has 0 fully saturated rings. The van der Waals surface area contributed by atoms with Crippen molar-refractivity contribution in [3.63, 3.8) is 0 Å². The number of benzene rings is 1. The van der Waals surface area contributed by atoms with Crippen LogP contribution in [0.3, 0.4) is 0 Å². The fourth-order valence-electron chi connectivity index (χ4n) is 2.12. The molecule has 1 amide bonds. The van der Waals surface area contributed by atoms with Gasteiger partial charge in [-0.05, 0) is 34.7 Å². The molecular weight excluding hydrogens is 244 g/mol. The van der Waals surface area contributed by atoms with E-state index >= 15 is 0 Å². The average Bonchev–Trinajstić information content (AvgIpc) is 3.05. The second-order valence-electron chi connectivity index (χ2n) is 4.35. The first-order chi connectivity index (χ1) is 8.83. The van der Waals surface area contributed by atoms with E-state index < -0.39 is 0 Å². The predicted octanol–water partition coefficient (Wildman–Crippen LogP) is 2.28. The Morgan fingerprint density at radius 3 is 3.00 bits per heavy atom. The van der Waals surface area contributed by atoms with E-state index in [4.69, 9.17) is 0 Å². The Bertz CT molecular complexity index is 563. The van der Waals surface area contributed by atoms with Gasteiger partial charge in [0.1, 0.15) is 0 Å². The van der Waals surface area contributed by atoms with E-state index in [2.05, 4.69) is 10.6 Å². The third kappa shape index (κ3) is 2.30. The van der Waals surface area contributed by atoms with Gasteiger partial charge in [-0.2, -0.15) is 0 Å². The van der Waals surface area contributed by atoms with Gasteiger partial charge in [-0.25, -0.2) is 0 Å². The standard InChI is InChI=1S/C14H14N2OS/c17-14(16-9-13-2-1-5-18-13)10-3-4-11-7-15-8-12(11)6-10/h1-6,15H,7-9H2,(H,16,17). The van der Waals surface area contributed by atoms with E-state index in [1.807, 2.05) is 35.7 Å². The molecule has 0 radical (unpaired) electrons. The fraction of sp³-hybridized carbons (Fsp3) is 0.214. The second-order valence-corrected chi connectivity index (χ2v) is 5.38. The van der Waals surface area contributed by atoms with Crippen molar-refractivity contribution in [1.82, 2.24) is 10.6 Å². The van der Waals surface area contributed by atoms with Gasteiger partial charge in [-0.3, -0.25) is 4.79 Å². The van der Waals surface area contributed by atoms with Gasteiger partial charge in [0.05, 0.1) is 6.54 Å². The Morgan fingerprint density at radius 2 is 2.17 bits per heavy atom. The molecule has 0 atom stereocenters.